The minimum Gasteiger partial charge on any atom is -0.508 e. The van der Waals surface area contributed by atoms with Crippen LogP contribution < -0.4 is 0 Å². The van der Waals surface area contributed by atoms with Gasteiger partial charge >= 0.3 is 0 Å². The number of fused-ring (bicyclic) bond motifs is 2. The average Bonchev–Trinajstić information content (AvgIpc) is 3.21. The smallest absolute Gasteiger partial charge is 0.191 e. The molecule has 3 heterocycles. The molecule has 6 nitrogen and oxygen atoms in total. The van der Waals surface area contributed by atoms with Crippen molar-refractivity contribution in [1.82, 2.24) is 24.6 Å². The lowest BCUT2D eigenvalue weighted by atomic mass is 9.95. The number of phenolic OH excluding ortho intramolecular Hbond substituents is 1. The van der Waals surface area contributed by atoms with Crippen LogP contribution in [0.4, 0.5) is 0 Å². The van der Waals surface area contributed by atoms with Gasteiger partial charge in [-0.25, -0.2) is 0 Å². The third-order valence-electron chi connectivity index (χ3n) is 7.46. The van der Waals surface area contributed by atoms with Crippen LogP contribution >= 0.6 is 24.2 Å². The number of hydrogen-bond donors (Lipinski definition) is 1. The molecule has 1 aliphatic heterocycles. The first-order valence-electron chi connectivity index (χ1n) is 11.9. The zero-order chi connectivity index (χ0) is 23.3. The van der Waals surface area contributed by atoms with Gasteiger partial charge in [0.2, 0.25) is 0 Å². The van der Waals surface area contributed by atoms with Crippen molar-refractivity contribution in [3.8, 4) is 17.1 Å². The van der Waals surface area contributed by atoms with Crippen molar-refractivity contribution in [3.63, 3.8) is 0 Å². The second kappa shape index (κ2) is 9.45. The second-order valence-electron chi connectivity index (χ2n) is 9.73. The molecule has 2 aromatic heterocycles. The Kier molecular flexibility index (Phi) is 6.51. The first kappa shape index (κ1) is 24.1. The highest BCUT2D eigenvalue weighted by molar-refractivity contribution is 7.99. The zero-order valence-electron chi connectivity index (χ0n) is 20.0. The molecule has 1 saturated heterocycles. The Bertz CT molecular complexity index is 1360. The van der Waals surface area contributed by atoms with E-state index in [-0.39, 0.29) is 12.4 Å². The molecule has 4 aromatic rings. The van der Waals surface area contributed by atoms with Crippen LogP contribution in [-0.4, -0.2) is 55.1 Å². The molecular weight excluding hydrogens is 478 g/mol. The zero-order valence-corrected chi connectivity index (χ0v) is 21.6. The monoisotopic (exact) mass is 507 g/mol. The van der Waals surface area contributed by atoms with Crippen LogP contribution in [-0.2, 0) is 12.5 Å². The number of likely N-dealkylation sites (tertiary alicyclic amines) is 1. The van der Waals surface area contributed by atoms with Gasteiger partial charge in [0.25, 0.3) is 0 Å². The Morgan fingerprint density at radius 1 is 1.09 bits per heavy atom. The molecule has 8 heteroatoms. The summed E-state index contributed by atoms with van der Waals surface area (Å²) in [6.07, 6.45) is 2.41. The Labute approximate surface area is 216 Å². The number of piperidine rings is 1. The fraction of sp³-hybridized carbons (Fsp3) is 0.370. The van der Waals surface area contributed by atoms with E-state index in [0.29, 0.717) is 11.2 Å². The molecule has 182 valence electrons. The standard InChI is InChI=1S/C27H29N5OS.ClH/c1-18-7-12-22-23(5-3-6-24(22)28-18)25-29-30-26(31(25)2)34-14-4-13-32-16-20-15-27(20,17-32)19-8-10-21(33)11-9-19;/h3,5-12,20,33H,4,13-17H2,1-2H3;1H/t20-,27+;/m0./s1. The van der Waals surface area contributed by atoms with Crippen LogP contribution in [0.1, 0.15) is 24.1 Å². The molecule has 1 N–H and O–H groups in total. The quantitative estimate of drug-likeness (QED) is 0.273. The highest BCUT2D eigenvalue weighted by atomic mass is 35.5. The van der Waals surface area contributed by atoms with Crippen LogP contribution in [0.2, 0.25) is 0 Å². The minimum absolute atomic E-state index is 0. The van der Waals surface area contributed by atoms with Gasteiger partial charge in [0.1, 0.15) is 5.75 Å². The second-order valence-corrected chi connectivity index (χ2v) is 10.8. The van der Waals surface area contributed by atoms with Crippen molar-refractivity contribution in [2.45, 2.75) is 30.3 Å². The maximum atomic E-state index is 9.60. The normalized spacial score (nSPS) is 21.1. The van der Waals surface area contributed by atoms with Crippen LogP contribution in [0, 0.1) is 12.8 Å². The molecule has 35 heavy (non-hydrogen) atoms. The average molecular weight is 508 g/mol. The van der Waals surface area contributed by atoms with Crippen molar-refractivity contribution in [2.75, 3.05) is 25.4 Å². The van der Waals surface area contributed by atoms with Crippen molar-refractivity contribution < 1.29 is 5.11 Å². The van der Waals surface area contributed by atoms with E-state index in [1.165, 1.54) is 18.5 Å². The first-order valence-corrected chi connectivity index (χ1v) is 12.9. The Hall–Kier alpha value is -2.61. The number of phenols is 1. The summed E-state index contributed by atoms with van der Waals surface area (Å²) in [5.41, 5.74) is 4.79. The van der Waals surface area contributed by atoms with Gasteiger partial charge in [-0.1, -0.05) is 42.1 Å². The number of benzene rings is 2. The molecule has 6 rings (SSSR count). The number of hydrogen-bond acceptors (Lipinski definition) is 6. The largest absolute Gasteiger partial charge is 0.508 e. The van der Waals surface area contributed by atoms with E-state index in [9.17, 15) is 5.11 Å². The molecule has 2 aromatic carbocycles. The number of pyridine rings is 1. The number of nitrogens with zero attached hydrogens (tertiary/aromatic N) is 5. The predicted octanol–water partition coefficient (Wildman–Crippen LogP) is 5.22. The molecular formula is C27H30ClN5OS. The topological polar surface area (TPSA) is 67.1 Å². The molecule has 2 atom stereocenters. The van der Waals surface area contributed by atoms with Gasteiger partial charge in [0, 0.05) is 47.9 Å². The van der Waals surface area contributed by atoms with Crippen molar-refractivity contribution >= 4 is 35.1 Å². The molecule has 2 fully saturated rings. The van der Waals surface area contributed by atoms with E-state index in [1.807, 2.05) is 44.3 Å². The number of halogens is 1. The van der Waals surface area contributed by atoms with Gasteiger partial charge in [0.15, 0.2) is 11.0 Å². The lowest BCUT2D eigenvalue weighted by Gasteiger charge is -2.21. The summed E-state index contributed by atoms with van der Waals surface area (Å²) in [7, 11) is 2.05. The van der Waals surface area contributed by atoms with Crippen molar-refractivity contribution in [3.05, 3.63) is 65.9 Å². The van der Waals surface area contributed by atoms with E-state index in [1.54, 1.807) is 11.8 Å². The third-order valence-corrected chi connectivity index (χ3v) is 8.56. The van der Waals surface area contributed by atoms with Crippen molar-refractivity contribution in [2.24, 2.45) is 13.0 Å². The van der Waals surface area contributed by atoms with Gasteiger partial charge in [-0.05, 0) is 62.1 Å². The summed E-state index contributed by atoms with van der Waals surface area (Å²) in [4.78, 5) is 7.26. The fourth-order valence-corrected chi connectivity index (χ4v) is 6.41. The number of thioether (sulfide) groups is 1. The number of aryl methyl sites for hydroxylation is 1. The number of rotatable bonds is 7. The fourth-order valence-electron chi connectivity index (χ4n) is 5.58. The summed E-state index contributed by atoms with van der Waals surface area (Å²) in [6, 6.07) is 18.2. The summed E-state index contributed by atoms with van der Waals surface area (Å²) in [5, 5.41) is 20.7. The number of aromatic nitrogens is 4. The van der Waals surface area contributed by atoms with Crippen molar-refractivity contribution in [1.29, 1.82) is 0 Å². The molecule has 0 bridgehead atoms. The summed E-state index contributed by atoms with van der Waals surface area (Å²) in [6.45, 7) is 5.45. The Balaban J connectivity index is 0.00000253. The maximum absolute atomic E-state index is 9.60. The van der Waals surface area contributed by atoms with Gasteiger partial charge in [-0.2, -0.15) is 0 Å². The first-order chi connectivity index (χ1) is 16.5. The SMILES string of the molecule is Cc1ccc2c(-c3nnc(SCCCN4C[C@@H]5C[C@]5(c5ccc(O)cc5)C4)n3C)cccc2n1.Cl. The van der Waals surface area contributed by atoms with E-state index in [0.717, 1.165) is 64.3 Å². The minimum atomic E-state index is 0. The van der Waals surface area contributed by atoms with E-state index in [4.69, 9.17) is 0 Å². The van der Waals surface area contributed by atoms with Crippen LogP contribution in [0.15, 0.2) is 59.8 Å². The van der Waals surface area contributed by atoms with E-state index in [2.05, 4.69) is 48.9 Å². The predicted molar refractivity (Wildman–Crippen MR) is 143 cm³/mol. The molecule has 2 aliphatic rings. The van der Waals surface area contributed by atoms with Gasteiger partial charge in [-0.15, -0.1) is 22.6 Å². The molecule has 0 amide bonds. The maximum Gasteiger partial charge on any atom is 0.191 e. The molecule has 0 unspecified atom stereocenters. The molecule has 1 saturated carbocycles. The van der Waals surface area contributed by atoms with Gasteiger partial charge in [0.05, 0.1) is 5.52 Å². The van der Waals surface area contributed by atoms with Crippen LogP contribution in [0.3, 0.4) is 0 Å². The van der Waals surface area contributed by atoms with Crippen LogP contribution in [0.25, 0.3) is 22.3 Å². The highest BCUT2D eigenvalue weighted by Gasteiger charge is 2.60. The summed E-state index contributed by atoms with van der Waals surface area (Å²) in [5.74, 6) is 3.03. The Morgan fingerprint density at radius 3 is 2.74 bits per heavy atom. The number of aromatic hydroxyl groups is 1. The summed E-state index contributed by atoms with van der Waals surface area (Å²) >= 11 is 1.78. The summed E-state index contributed by atoms with van der Waals surface area (Å²) < 4.78 is 2.10. The van der Waals surface area contributed by atoms with Gasteiger partial charge in [-0.3, -0.25) is 4.98 Å². The lowest BCUT2D eigenvalue weighted by molar-refractivity contribution is 0.299. The Morgan fingerprint density at radius 2 is 1.91 bits per heavy atom. The van der Waals surface area contributed by atoms with E-state index >= 15 is 0 Å². The van der Waals surface area contributed by atoms with Gasteiger partial charge < -0.3 is 14.6 Å². The molecule has 0 spiro atoms. The van der Waals surface area contributed by atoms with Crippen LogP contribution in [0.5, 0.6) is 5.75 Å². The molecule has 0 radical (unpaired) electrons. The van der Waals surface area contributed by atoms with E-state index < -0.39 is 0 Å². The third kappa shape index (κ3) is 4.41. The highest BCUT2D eigenvalue weighted by Crippen LogP contribution is 2.59. The lowest BCUT2D eigenvalue weighted by Crippen LogP contribution is -2.27. The molecule has 1 aliphatic carbocycles.